The third-order valence-electron chi connectivity index (χ3n) is 5.69. The minimum absolute atomic E-state index is 0.0111. The first kappa shape index (κ1) is 20.8. The predicted octanol–water partition coefficient (Wildman–Crippen LogP) is 1.53. The third-order valence-corrected chi connectivity index (χ3v) is 5.69. The molecule has 10 nitrogen and oxygen atoms in total. The second-order valence-corrected chi connectivity index (χ2v) is 7.76. The Hall–Kier alpha value is -3.12. The lowest BCUT2D eigenvalue weighted by atomic mass is 10.3. The van der Waals surface area contributed by atoms with Gasteiger partial charge in [-0.2, -0.15) is 15.0 Å². The lowest BCUT2D eigenvalue weighted by Gasteiger charge is -2.28. The zero-order chi connectivity index (χ0) is 22.2. The summed E-state index contributed by atoms with van der Waals surface area (Å²) in [5, 5.41) is 0. The van der Waals surface area contributed by atoms with Gasteiger partial charge in [-0.3, -0.25) is 4.57 Å². The predicted molar refractivity (Wildman–Crippen MR) is 114 cm³/mol. The first-order valence-electron chi connectivity index (χ1n) is 10.5. The molecule has 0 amide bonds. The number of hydrogen-bond donors (Lipinski definition) is 1. The van der Waals surface area contributed by atoms with E-state index in [4.69, 9.17) is 15.2 Å². The van der Waals surface area contributed by atoms with Gasteiger partial charge < -0.3 is 25.0 Å². The molecule has 2 aliphatic rings. The molecule has 2 fully saturated rings. The van der Waals surface area contributed by atoms with Crippen LogP contribution in [0.5, 0.6) is 5.75 Å². The lowest BCUT2D eigenvalue weighted by molar-refractivity contribution is 0.122. The maximum atomic E-state index is 14.0. The first-order valence-corrected chi connectivity index (χ1v) is 10.5. The molecule has 2 aromatic heterocycles. The van der Waals surface area contributed by atoms with Crippen LogP contribution in [0.15, 0.2) is 18.2 Å². The Morgan fingerprint density at radius 1 is 1.03 bits per heavy atom. The quantitative estimate of drug-likeness (QED) is 0.624. The summed E-state index contributed by atoms with van der Waals surface area (Å²) < 4.78 is 40.1. The summed E-state index contributed by atoms with van der Waals surface area (Å²) in [6.07, 6.45) is -2.03. The molecule has 12 heteroatoms. The molecular formula is C20H24F2N8O2. The minimum Gasteiger partial charge on any atom is -0.494 e. The summed E-state index contributed by atoms with van der Waals surface area (Å²) in [5.74, 6) is 0.861. The number of methoxy groups -OCH3 is 1. The van der Waals surface area contributed by atoms with Gasteiger partial charge in [-0.15, -0.1) is 0 Å². The van der Waals surface area contributed by atoms with E-state index >= 15 is 0 Å². The summed E-state index contributed by atoms with van der Waals surface area (Å²) in [7, 11) is 1.48. The number of alkyl halides is 2. The monoisotopic (exact) mass is 446 g/mol. The standard InChI is InChI=1S/C20H24F2N8O2/c1-31-14-4-2-3-13-15(14)24-17(16(21)22)30(13)20-26-18(28-7-9-32-10-8-28)25-19(27-20)29-6-5-12(23)11-29/h2-4,12,16H,5-11,23H2,1H3/t12-/m1/s1. The number of nitrogens with zero attached hydrogens (tertiary/aromatic N) is 7. The molecule has 3 aromatic rings. The minimum atomic E-state index is -2.83. The maximum Gasteiger partial charge on any atom is 0.296 e. The van der Waals surface area contributed by atoms with Gasteiger partial charge in [0.25, 0.3) is 6.43 Å². The summed E-state index contributed by atoms with van der Waals surface area (Å²) >= 11 is 0. The highest BCUT2D eigenvalue weighted by Gasteiger charge is 2.28. The summed E-state index contributed by atoms with van der Waals surface area (Å²) in [5.41, 5.74) is 6.83. The second kappa shape index (κ2) is 8.43. The Balaban J connectivity index is 1.70. The topological polar surface area (TPSA) is 107 Å². The number of aromatic nitrogens is 5. The molecule has 32 heavy (non-hydrogen) atoms. The molecular weight excluding hydrogens is 422 g/mol. The first-order chi connectivity index (χ1) is 15.5. The molecule has 2 saturated heterocycles. The van der Waals surface area contributed by atoms with Crippen LogP contribution >= 0.6 is 0 Å². The van der Waals surface area contributed by atoms with Crippen molar-refractivity contribution < 1.29 is 18.3 Å². The van der Waals surface area contributed by atoms with Gasteiger partial charge in [0.05, 0.1) is 25.8 Å². The van der Waals surface area contributed by atoms with Crippen molar-refractivity contribution in [3.05, 3.63) is 24.0 Å². The molecule has 1 aromatic carbocycles. The Kier molecular flexibility index (Phi) is 5.47. The van der Waals surface area contributed by atoms with Crippen LogP contribution in [0, 0.1) is 0 Å². The molecule has 2 N–H and O–H groups in total. The van der Waals surface area contributed by atoms with Crippen molar-refractivity contribution in [1.29, 1.82) is 0 Å². The molecule has 4 heterocycles. The van der Waals surface area contributed by atoms with Gasteiger partial charge in [0.2, 0.25) is 17.8 Å². The van der Waals surface area contributed by atoms with Crippen molar-refractivity contribution in [3.8, 4) is 11.7 Å². The number of halogens is 2. The molecule has 0 saturated carbocycles. The summed E-state index contributed by atoms with van der Waals surface area (Å²) in [6.45, 7) is 3.56. The molecule has 0 radical (unpaired) electrons. The fourth-order valence-electron chi connectivity index (χ4n) is 4.07. The van der Waals surface area contributed by atoms with E-state index < -0.39 is 12.2 Å². The highest BCUT2D eigenvalue weighted by Crippen LogP contribution is 2.32. The number of morpholine rings is 1. The van der Waals surface area contributed by atoms with Gasteiger partial charge >= 0.3 is 0 Å². The number of para-hydroxylation sites is 1. The van der Waals surface area contributed by atoms with Crippen molar-refractivity contribution in [2.45, 2.75) is 18.9 Å². The van der Waals surface area contributed by atoms with Crippen LogP contribution in [-0.4, -0.2) is 77.0 Å². The zero-order valence-corrected chi connectivity index (χ0v) is 17.6. The van der Waals surface area contributed by atoms with Crippen LogP contribution in [0.2, 0.25) is 0 Å². The lowest BCUT2D eigenvalue weighted by Crippen LogP contribution is -2.38. The van der Waals surface area contributed by atoms with Crippen LogP contribution in [0.25, 0.3) is 17.0 Å². The van der Waals surface area contributed by atoms with E-state index in [0.29, 0.717) is 68.1 Å². The van der Waals surface area contributed by atoms with Gasteiger partial charge in [-0.25, -0.2) is 13.8 Å². The fraction of sp³-hybridized carbons (Fsp3) is 0.500. The molecule has 0 unspecified atom stereocenters. The van der Waals surface area contributed by atoms with Crippen LogP contribution < -0.4 is 20.3 Å². The smallest absolute Gasteiger partial charge is 0.296 e. The number of anilines is 2. The molecule has 1 atom stereocenters. The number of nitrogens with two attached hydrogens (primary N) is 1. The van der Waals surface area contributed by atoms with E-state index in [2.05, 4.69) is 19.9 Å². The molecule has 5 rings (SSSR count). The molecule has 0 bridgehead atoms. The Bertz CT molecular complexity index is 1100. The van der Waals surface area contributed by atoms with Crippen LogP contribution in [-0.2, 0) is 4.74 Å². The summed E-state index contributed by atoms with van der Waals surface area (Å²) in [4.78, 5) is 21.9. The van der Waals surface area contributed by atoms with Crippen molar-refractivity contribution in [1.82, 2.24) is 24.5 Å². The van der Waals surface area contributed by atoms with Crippen molar-refractivity contribution in [2.24, 2.45) is 5.73 Å². The molecule has 0 aliphatic carbocycles. The van der Waals surface area contributed by atoms with Gasteiger partial charge in [0, 0.05) is 32.2 Å². The number of imidazole rings is 1. The van der Waals surface area contributed by atoms with Crippen molar-refractivity contribution >= 4 is 22.9 Å². The highest BCUT2D eigenvalue weighted by molar-refractivity contribution is 5.84. The van der Waals surface area contributed by atoms with Gasteiger partial charge in [0.15, 0.2) is 5.82 Å². The Labute approximate surface area is 183 Å². The van der Waals surface area contributed by atoms with E-state index in [1.807, 2.05) is 9.80 Å². The largest absolute Gasteiger partial charge is 0.494 e. The number of benzene rings is 1. The van der Waals surface area contributed by atoms with Crippen LogP contribution in [0.3, 0.4) is 0 Å². The van der Waals surface area contributed by atoms with E-state index in [1.165, 1.54) is 11.7 Å². The van der Waals surface area contributed by atoms with E-state index in [-0.39, 0.29) is 12.0 Å². The van der Waals surface area contributed by atoms with Gasteiger partial charge in [-0.05, 0) is 18.6 Å². The van der Waals surface area contributed by atoms with Gasteiger partial charge in [0.1, 0.15) is 11.3 Å². The molecule has 2 aliphatic heterocycles. The molecule has 0 spiro atoms. The number of ether oxygens (including phenoxy) is 2. The Morgan fingerprint density at radius 2 is 1.75 bits per heavy atom. The average Bonchev–Trinajstić information content (AvgIpc) is 3.43. The van der Waals surface area contributed by atoms with E-state index in [1.54, 1.807) is 18.2 Å². The zero-order valence-electron chi connectivity index (χ0n) is 17.6. The van der Waals surface area contributed by atoms with Crippen LogP contribution in [0.1, 0.15) is 18.7 Å². The normalized spacial score (nSPS) is 19.3. The SMILES string of the molecule is COc1cccc2c1nc(C(F)F)n2-c1nc(N2CCOCC2)nc(N2CC[C@@H](N)C2)n1. The third kappa shape index (κ3) is 3.69. The summed E-state index contributed by atoms with van der Waals surface area (Å²) in [6, 6.07) is 5.11. The van der Waals surface area contributed by atoms with Crippen molar-refractivity contribution in [3.63, 3.8) is 0 Å². The van der Waals surface area contributed by atoms with Gasteiger partial charge in [-0.1, -0.05) is 6.07 Å². The van der Waals surface area contributed by atoms with E-state index in [9.17, 15) is 8.78 Å². The highest BCUT2D eigenvalue weighted by atomic mass is 19.3. The van der Waals surface area contributed by atoms with Crippen molar-refractivity contribution in [2.75, 3.05) is 56.3 Å². The maximum absolute atomic E-state index is 14.0. The number of rotatable bonds is 5. The fourth-order valence-corrected chi connectivity index (χ4v) is 4.07. The average molecular weight is 446 g/mol. The van der Waals surface area contributed by atoms with E-state index in [0.717, 1.165) is 6.42 Å². The van der Waals surface area contributed by atoms with Crippen LogP contribution in [0.4, 0.5) is 20.7 Å². The molecule has 170 valence electrons. The Morgan fingerprint density at radius 3 is 2.41 bits per heavy atom. The second-order valence-electron chi connectivity index (χ2n) is 7.76. The number of hydrogen-bond acceptors (Lipinski definition) is 9. The number of fused-ring (bicyclic) bond motifs is 1.